The van der Waals surface area contributed by atoms with Crippen molar-refractivity contribution < 1.29 is 4.79 Å². The Morgan fingerprint density at radius 3 is 2.47 bits per heavy atom. The number of rotatable bonds is 4. The molecule has 0 N–H and O–H groups in total. The highest BCUT2D eigenvalue weighted by Gasteiger charge is 2.13. The van der Waals surface area contributed by atoms with Crippen LogP contribution in [0.15, 0.2) is 18.2 Å². The monoisotopic (exact) mass is 224 g/mol. The van der Waals surface area contributed by atoms with Gasteiger partial charge in [-0.15, -0.1) is 0 Å². The summed E-state index contributed by atoms with van der Waals surface area (Å²) in [5.41, 5.74) is 3.77. The van der Waals surface area contributed by atoms with Crippen molar-refractivity contribution in [3.05, 3.63) is 34.9 Å². The minimum atomic E-state index is -0.250. The molecule has 1 rings (SSSR count). The van der Waals surface area contributed by atoms with E-state index in [1.54, 1.807) is 0 Å². The van der Waals surface area contributed by atoms with Crippen LogP contribution in [0.1, 0.15) is 42.4 Å². The fourth-order valence-electron chi connectivity index (χ4n) is 1.71. The second-order valence-electron chi connectivity index (χ2n) is 4.01. The van der Waals surface area contributed by atoms with Crippen LogP contribution in [-0.2, 0) is 4.79 Å². The molecule has 82 valence electrons. The fourth-order valence-corrected chi connectivity index (χ4v) is 1.90. The predicted molar refractivity (Wildman–Crippen MR) is 64.4 cm³/mol. The van der Waals surface area contributed by atoms with Crippen molar-refractivity contribution in [2.45, 2.75) is 39.5 Å². The smallest absolute Gasteiger partial charge is 0.222 e. The normalized spacial score (nSPS) is 12.5. The highest BCUT2D eigenvalue weighted by atomic mass is 35.5. The van der Waals surface area contributed by atoms with Gasteiger partial charge in [-0.3, -0.25) is 4.79 Å². The van der Waals surface area contributed by atoms with Gasteiger partial charge in [-0.2, -0.15) is 0 Å². The SMILES string of the molecule is CCC(CC(=O)Cl)c1ccc(C)c(C)c1. The Labute approximate surface area is 96.5 Å². The van der Waals surface area contributed by atoms with E-state index in [0.717, 1.165) is 6.42 Å². The summed E-state index contributed by atoms with van der Waals surface area (Å²) in [5, 5.41) is -0.250. The molecule has 0 aliphatic heterocycles. The molecule has 1 aromatic rings. The topological polar surface area (TPSA) is 17.1 Å². The van der Waals surface area contributed by atoms with Crippen LogP contribution in [0.4, 0.5) is 0 Å². The molecule has 0 saturated heterocycles. The van der Waals surface area contributed by atoms with E-state index in [0.29, 0.717) is 6.42 Å². The summed E-state index contributed by atoms with van der Waals surface area (Å²) < 4.78 is 0. The maximum absolute atomic E-state index is 10.9. The van der Waals surface area contributed by atoms with Crippen LogP contribution >= 0.6 is 11.6 Å². The minimum absolute atomic E-state index is 0.250. The summed E-state index contributed by atoms with van der Waals surface area (Å²) in [7, 11) is 0. The molecule has 1 unspecified atom stereocenters. The molecule has 0 aliphatic rings. The maximum atomic E-state index is 10.9. The number of hydrogen-bond acceptors (Lipinski definition) is 1. The van der Waals surface area contributed by atoms with E-state index < -0.39 is 0 Å². The molecule has 2 heteroatoms. The van der Waals surface area contributed by atoms with Gasteiger partial charge in [-0.1, -0.05) is 25.1 Å². The zero-order valence-corrected chi connectivity index (χ0v) is 10.3. The van der Waals surface area contributed by atoms with Gasteiger partial charge in [0.05, 0.1) is 0 Å². The largest absolute Gasteiger partial charge is 0.281 e. The zero-order chi connectivity index (χ0) is 11.4. The van der Waals surface area contributed by atoms with Crippen molar-refractivity contribution >= 4 is 16.8 Å². The lowest BCUT2D eigenvalue weighted by molar-refractivity contribution is -0.112. The van der Waals surface area contributed by atoms with Gasteiger partial charge in [0, 0.05) is 6.42 Å². The Hall–Kier alpha value is -0.820. The van der Waals surface area contributed by atoms with Gasteiger partial charge in [0.25, 0.3) is 0 Å². The maximum Gasteiger partial charge on any atom is 0.222 e. The Morgan fingerprint density at radius 2 is 2.00 bits per heavy atom. The first-order chi connectivity index (χ1) is 7.04. The van der Waals surface area contributed by atoms with Gasteiger partial charge < -0.3 is 0 Å². The molecule has 0 saturated carbocycles. The summed E-state index contributed by atoms with van der Waals surface area (Å²) in [5.74, 6) is 0.259. The lowest BCUT2D eigenvalue weighted by Gasteiger charge is -2.14. The number of aryl methyl sites for hydroxylation is 2. The molecule has 15 heavy (non-hydrogen) atoms. The summed E-state index contributed by atoms with van der Waals surface area (Å²) in [6.07, 6.45) is 1.38. The van der Waals surface area contributed by atoms with Crippen LogP contribution in [0.3, 0.4) is 0 Å². The number of carbonyl (C=O) groups excluding carboxylic acids is 1. The van der Waals surface area contributed by atoms with E-state index in [9.17, 15) is 4.79 Å². The van der Waals surface area contributed by atoms with Crippen molar-refractivity contribution in [1.29, 1.82) is 0 Å². The molecule has 0 fully saturated rings. The summed E-state index contributed by atoms with van der Waals surface area (Å²) in [6, 6.07) is 6.35. The second kappa shape index (κ2) is 5.32. The zero-order valence-electron chi connectivity index (χ0n) is 9.51. The van der Waals surface area contributed by atoms with Crippen LogP contribution in [0, 0.1) is 13.8 Å². The number of halogens is 1. The Balaban J connectivity index is 2.92. The fraction of sp³-hybridized carbons (Fsp3) is 0.462. The molecule has 1 nitrogen and oxygen atoms in total. The standard InChI is InChI=1S/C13H17ClO/c1-4-11(8-13(14)15)12-6-5-9(2)10(3)7-12/h5-7,11H,4,8H2,1-3H3. The minimum Gasteiger partial charge on any atom is -0.281 e. The van der Waals surface area contributed by atoms with E-state index in [1.807, 2.05) is 0 Å². The first-order valence-electron chi connectivity index (χ1n) is 5.30. The lowest BCUT2D eigenvalue weighted by atomic mass is 9.91. The summed E-state index contributed by atoms with van der Waals surface area (Å²) in [4.78, 5) is 10.9. The van der Waals surface area contributed by atoms with E-state index in [-0.39, 0.29) is 11.2 Å². The van der Waals surface area contributed by atoms with Crippen molar-refractivity contribution in [3.8, 4) is 0 Å². The average Bonchev–Trinajstić information content (AvgIpc) is 2.18. The highest BCUT2D eigenvalue weighted by molar-refractivity contribution is 6.63. The van der Waals surface area contributed by atoms with E-state index in [2.05, 4.69) is 39.0 Å². The van der Waals surface area contributed by atoms with Gasteiger partial charge in [0.1, 0.15) is 0 Å². The van der Waals surface area contributed by atoms with Gasteiger partial charge in [-0.25, -0.2) is 0 Å². The third-order valence-corrected chi connectivity index (χ3v) is 3.06. The van der Waals surface area contributed by atoms with Crippen molar-refractivity contribution in [3.63, 3.8) is 0 Å². The van der Waals surface area contributed by atoms with Crippen LogP contribution in [0.5, 0.6) is 0 Å². The Bertz CT molecular complexity index is 358. The molecule has 0 spiro atoms. The average molecular weight is 225 g/mol. The van der Waals surface area contributed by atoms with Gasteiger partial charge in [0.2, 0.25) is 5.24 Å². The lowest BCUT2D eigenvalue weighted by Crippen LogP contribution is -2.02. The molecule has 0 aliphatic carbocycles. The molecule has 1 atom stereocenters. The Morgan fingerprint density at radius 1 is 1.33 bits per heavy atom. The van der Waals surface area contributed by atoms with Crippen molar-refractivity contribution in [2.75, 3.05) is 0 Å². The van der Waals surface area contributed by atoms with Crippen LogP contribution in [0.2, 0.25) is 0 Å². The molecule has 0 aromatic heterocycles. The summed E-state index contributed by atoms with van der Waals surface area (Å²) in [6.45, 7) is 6.26. The molecule has 1 aromatic carbocycles. The molecule has 0 amide bonds. The quantitative estimate of drug-likeness (QED) is 0.708. The van der Waals surface area contributed by atoms with Crippen LogP contribution < -0.4 is 0 Å². The summed E-state index contributed by atoms with van der Waals surface area (Å²) >= 11 is 5.43. The highest BCUT2D eigenvalue weighted by Crippen LogP contribution is 2.25. The van der Waals surface area contributed by atoms with Crippen molar-refractivity contribution in [1.82, 2.24) is 0 Å². The number of hydrogen-bond donors (Lipinski definition) is 0. The van der Waals surface area contributed by atoms with E-state index in [1.165, 1.54) is 16.7 Å². The van der Waals surface area contributed by atoms with Crippen molar-refractivity contribution in [2.24, 2.45) is 0 Å². The van der Waals surface area contributed by atoms with Gasteiger partial charge in [-0.05, 0) is 54.5 Å². The Kier molecular flexibility index (Phi) is 4.34. The first-order valence-corrected chi connectivity index (χ1v) is 5.67. The van der Waals surface area contributed by atoms with Crippen LogP contribution in [-0.4, -0.2) is 5.24 Å². The van der Waals surface area contributed by atoms with E-state index >= 15 is 0 Å². The molecular weight excluding hydrogens is 208 g/mol. The van der Waals surface area contributed by atoms with Crippen LogP contribution in [0.25, 0.3) is 0 Å². The van der Waals surface area contributed by atoms with E-state index in [4.69, 9.17) is 11.6 Å². The third-order valence-electron chi connectivity index (χ3n) is 2.90. The molecule has 0 radical (unpaired) electrons. The van der Waals surface area contributed by atoms with Gasteiger partial charge in [0.15, 0.2) is 0 Å². The molecule has 0 heterocycles. The number of benzene rings is 1. The molecule has 0 bridgehead atoms. The molecular formula is C13H17ClO. The predicted octanol–water partition coefficient (Wildman–Crippen LogP) is 3.95. The first kappa shape index (κ1) is 12.3. The third kappa shape index (κ3) is 3.35. The number of carbonyl (C=O) groups is 1. The second-order valence-corrected chi connectivity index (χ2v) is 4.43. The van der Waals surface area contributed by atoms with Gasteiger partial charge >= 0.3 is 0 Å².